The average Bonchev–Trinajstić information content (AvgIpc) is 1.93. The number of aliphatic carboxylic acids is 1. The second-order valence-corrected chi connectivity index (χ2v) is 2.16. The maximum absolute atomic E-state index is 12.7. The Morgan fingerprint density at radius 1 is 1.42 bits per heavy atom. The highest BCUT2D eigenvalue weighted by Gasteiger charge is 2.04. The normalized spacial score (nSPS) is 8.75. The molecule has 3 N–H and O–H groups in total. The van der Waals surface area contributed by atoms with Crippen molar-refractivity contribution in [2.75, 3.05) is 0 Å². The zero-order valence-corrected chi connectivity index (χ0v) is 6.25. The monoisotopic (exact) mass is 172 g/mol. The third-order valence-corrected chi connectivity index (χ3v) is 1.30. The van der Waals surface area contributed by atoms with E-state index in [-0.39, 0.29) is 17.5 Å². The molecule has 0 heterocycles. The minimum atomic E-state index is -1.02. The van der Waals surface area contributed by atoms with E-state index in [1.165, 1.54) is 18.2 Å². The number of carboxylic acids is 1. The van der Waals surface area contributed by atoms with Crippen molar-refractivity contribution in [1.29, 1.82) is 0 Å². The van der Waals surface area contributed by atoms with Crippen LogP contribution in [-0.4, -0.2) is 16.6 Å². The number of benzene rings is 1. The van der Waals surface area contributed by atoms with Gasteiger partial charge in [0.05, 0.1) is 6.42 Å². The first kappa shape index (κ1) is 10.6. The Hall–Kier alpha value is -1.42. The van der Waals surface area contributed by atoms with Crippen LogP contribution in [0.15, 0.2) is 24.3 Å². The van der Waals surface area contributed by atoms with Crippen molar-refractivity contribution in [2.45, 2.75) is 6.42 Å². The fraction of sp³-hybridized carbons (Fsp3) is 0.125. The highest BCUT2D eigenvalue weighted by molar-refractivity contribution is 5.70. The highest BCUT2D eigenvalue weighted by Crippen LogP contribution is 2.06. The Bertz CT molecular complexity index is 273. The van der Waals surface area contributed by atoms with Gasteiger partial charge in [-0.25, -0.2) is 4.39 Å². The minimum Gasteiger partial charge on any atom is -0.481 e. The topological polar surface area (TPSA) is 68.8 Å². The van der Waals surface area contributed by atoms with Gasteiger partial charge in [-0.3, -0.25) is 4.79 Å². The maximum atomic E-state index is 12.7. The van der Waals surface area contributed by atoms with Crippen LogP contribution in [0.2, 0.25) is 0 Å². The van der Waals surface area contributed by atoms with Gasteiger partial charge in [0.25, 0.3) is 0 Å². The van der Waals surface area contributed by atoms with Crippen LogP contribution in [0.3, 0.4) is 0 Å². The fourth-order valence-corrected chi connectivity index (χ4v) is 0.805. The van der Waals surface area contributed by atoms with Gasteiger partial charge in [-0.05, 0) is 11.6 Å². The molecule has 0 aromatic heterocycles. The van der Waals surface area contributed by atoms with E-state index in [1.807, 2.05) is 0 Å². The Labute approximate surface area is 68.8 Å². The van der Waals surface area contributed by atoms with Gasteiger partial charge < -0.3 is 10.6 Å². The molecule has 0 fully saturated rings. The van der Waals surface area contributed by atoms with Gasteiger partial charge in [-0.1, -0.05) is 18.2 Å². The zero-order chi connectivity index (χ0) is 8.27. The third kappa shape index (κ3) is 2.67. The van der Waals surface area contributed by atoms with Gasteiger partial charge in [0.1, 0.15) is 5.82 Å². The largest absolute Gasteiger partial charge is 0.481 e. The average molecular weight is 172 g/mol. The van der Waals surface area contributed by atoms with Crippen LogP contribution in [0.5, 0.6) is 0 Å². The number of halogens is 1. The molecule has 0 aliphatic heterocycles. The molecule has 1 aromatic rings. The van der Waals surface area contributed by atoms with Gasteiger partial charge >= 0.3 is 5.97 Å². The van der Waals surface area contributed by atoms with E-state index in [4.69, 9.17) is 5.11 Å². The molecule has 66 valence electrons. The summed E-state index contributed by atoms with van der Waals surface area (Å²) in [6.45, 7) is 0. The van der Waals surface area contributed by atoms with Gasteiger partial charge in [0.15, 0.2) is 0 Å². The van der Waals surface area contributed by atoms with Gasteiger partial charge in [0, 0.05) is 0 Å². The summed E-state index contributed by atoms with van der Waals surface area (Å²) in [6.07, 6.45) is -0.257. The van der Waals surface area contributed by atoms with E-state index >= 15 is 0 Å². The minimum absolute atomic E-state index is 0. The van der Waals surface area contributed by atoms with Crippen LogP contribution in [0.25, 0.3) is 0 Å². The summed E-state index contributed by atoms with van der Waals surface area (Å²) >= 11 is 0. The molecule has 1 rings (SSSR count). The fourth-order valence-electron chi connectivity index (χ4n) is 0.805. The molecule has 12 heavy (non-hydrogen) atoms. The summed E-state index contributed by atoms with van der Waals surface area (Å²) in [6, 6.07) is 5.85. The van der Waals surface area contributed by atoms with Crippen molar-refractivity contribution in [2.24, 2.45) is 0 Å². The molecule has 0 saturated heterocycles. The second kappa shape index (κ2) is 4.46. The van der Waals surface area contributed by atoms with E-state index in [0.29, 0.717) is 0 Å². The third-order valence-electron chi connectivity index (χ3n) is 1.30. The molecular weight excluding hydrogens is 163 g/mol. The molecule has 3 nitrogen and oxygen atoms in total. The molecule has 0 amide bonds. The predicted molar refractivity (Wildman–Crippen MR) is 41.4 cm³/mol. The Morgan fingerprint density at radius 2 is 2.00 bits per heavy atom. The van der Waals surface area contributed by atoms with Crippen LogP contribution >= 0.6 is 0 Å². The van der Waals surface area contributed by atoms with E-state index in [9.17, 15) is 9.18 Å². The van der Waals surface area contributed by atoms with Gasteiger partial charge in [-0.15, -0.1) is 0 Å². The number of hydrogen-bond acceptors (Lipinski definition) is 1. The van der Waals surface area contributed by atoms with Crippen LogP contribution in [0, 0.1) is 5.82 Å². The first-order valence-corrected chi connectivity index (χ1v) is 3.15. The quantitative estimate of drug-likeness (QED) is 0.710. The van der Waals surface area contributed by atoms with E-state index < -0.39 is 11.8 Å². The van der Waals surface area contributed by atoms with Crippen molar-refractivity contribution < 1.29 is 19.8 Å². The van der Waals surface area contributed by atoms with Crippen LogP contribution in [-0.2, 0) is 11.2 Å². The van der Waals surface area contributed by atoms with E-state index in [0.717, 1.165) is 0 Å². The predicted octanol–water partition coefficient (Wildman–Crippen LogP) is 0.628. The summed E-state index contributed by atoms with van der Waals surface area (Å²) < 4.78 is 12.7. The molecule has 0 atom stereocenters. The van der Waals surface area contributed by atoms with Crippen molar-refractivity contribution in [3.63, 3.8) is 0 Å². The summed E-state index contributed by atoms with van der Waals surface area (Å²) in [5.41, 5.74) is 0.222. The Morgan fingerprint density at radius 3 is 2.50 bits per heavy atom. The summed E-state index contributed by atoms with van der Waals surface area (Å²) in [4.78, 5) is 10.2. The molecule has 0 radical (unpaired) electrons. The number of carbonyl (C=O) groups is 1. The smallest absolute Gasteiger partial charge is 0.307 e. The van der Waals surface area contributed by atoms with Crippen LogP contribution in [0.1, 0.15) is 5.56 Å². The van der Waals surface area contributed by atoms with E-state index in [2.05, 4.69) is 0 Å². The molecule has 1 aromatic carbocycles. The van der Waals surface area contributed by atoms with E-state index in [1.54, 1.807) is 6.07 Å². The van der Waals surface area contributed by atoms with Crippen molar-refractivity contribution in [3.05, 3.63) is 35.6 Å². The zero-order valence-electron chi connectivity index (χ0n) is 6.25. The second-order valence-electron chi connectivity index (χ2n) is 2.16. The first-order valence-electron chi connectivity index (χ1n) is 3.15. The molecule has 0 bridgehead atoms. The van der Waals surface area contributed by atoms with Crippen molar-refractivity contribution in [1.82, 2.24) is 0 Å². The van der Waals surface area contributed by atoms with Crippen LogP contribution in [0.4, 0.5) is 4.39 Å². The lowest BCUT2D eigenvalue weighted by Crippen LogP contribution is -2.01. The molecule has 0 aliphatic carbocycles. The van der Waals surface area contributed by atoms with Crippen LogP contribution < -0.4 is 0 Å². The Kier molecular flexibility index (Phi) is 3.93. The summed E-state index contributed by atoms with van der Waals surface area (Å²) in [5.74, 6) is -1.48. The number of carboxylic acid groups (broad SMARTS) is 1. The Balaban J connectivity index is 0.00000121. The number of rotatable bonds is 2. The maximum Gasteiger partial charge on any atom is 0.307 e. The summed E-state index contributed by atoms with van der Waals surface area (Å²) in [7, 11) is 0. The summed E-state index contributed by atoms with van der Waals surface area (Å²) in [5, 5.41) is 8.32. The SMILES string of the molecule is O.O=C(O)Cc1ccccc1F. The van der Waals surface area contributed by atoms with Gasteiger partial charge in [-0.2, -0.15) is 0 Å². The lowest BCUT2D eigenvalue weighted by atomic mass is 10.1. The lowest BCUT2D eigenvalue weighted by molar-refractivity contribution is -0.136. The molecule has 4 heteroatoms. The molecular formula is C8H9FO3. The molecule has 0 saturated carbocycles. The highest BCUT2D eigenvalue weighted by atomic mass is 19.1. The van der Waals surface area contributed by atoms with Gasteiger partial charge in [0.2, 0.25) is 0 Å². The molecule has 0 unspecified atom stereocenters. The molecule has 0 aliphatic rings. The number of hydrogen-bond donors (Lipinski definition) is 1. The standard InChI is InChI=1S/C8H7FO2.H2O/c9-7-4-2-1-3-6(7)5-8(10)11;/h1-4H,5H2,(H,10,11);1H2. The molecule has 0 spiro atoms. The first-order chi connectivity index (χ1) is 5.20. The lowest BCUT2D eigenvalue weighted by Gasteiger charge is -1.96. The van der Waals surface area contributed by atoms with Crippen molar-refractivity contribution in [3.8, 4) is 0 Å². The van der Waals surface area contributed by atoms with Crippen molar-refractivity contribution >= 4 is 5.97 Å².